The Labute approximate surface area is 168 Å². The summed E-state index contributed by atoms with van der Waals surface area (Å²) in [5.74, 6) is -3.02. The average molecular weight is 397 g/mol. The van der Waals surface area contributed by atoms with Crippen molar-refractivity contribution < 1.29 is 24.6 Å². The summed E-state index contributed by atoms with van der Waals surface area (Å²) >= 11 is 0. The number of likely N-dealkylation sites (tertiary alicyclic amines) is 1. The summed E-state index contributed by atoms with van der Waals surface area (Å²) in [4.78, 5) is 42.5. The highest BCUT2D eigenvalue weighted by Crippen LogP contribution is 2.25. The molecule has 0 spiro atoms. The summed E-state index contributed by atoms with van der Waals surface area (Å²) in [5.41, 5.74) is 1.78. The minimum Gasteiger partial charge on any atom is -0.508 e. The molecule has 2 heterocycles. The number of benzene rings is 1. The molecule has 2 atom stereocenters. The number of phenols is 1. The first-order chi connectivity index (χ1) is 13.8. The lowest BCUT2D eigenvalue weighted by molar-refractivity contribution is -0.144. The SMILES string of the molecule is Cc1cc(C(=O)N2C[C@@H](C(=O)O)C[C@@H](C(=O)NCc3ccncc3)C2)ccc1O. The summed E-state index contributed by atoms with van der Waals surface area (Å²) in [6.45, 7) is 2.17. The number of nitrogens with zero attached hydrogens (tertiary/aromatic N) is 2. The number of carbonyl (C=O) groups is 3. The van der Waals surface area contributed by atoms with Crippen molar-refractivity contribution in [1.29, 1.82) is 0 Å². The number of carbonyl (C=O) groups excluding carboxylic acids is 2. The number of aliphatic carboxylic acids is 1. The number of rotatable bonds is 5. The van der Waals surface area contributed by atoms with E-state index >= 15 is 0 Å². The number of carboxylic acids is 1. The van der Waals surface area contributed by atoms with E-state index < -0.39 is 17.8 Å². The van der Waals surface area contributed by atoms with Crippen LogP contribution in [0.25, 0.3) is 0 Å². The Kier molecular flexibility index (Phi) is 6.11. The van der Waals surface area contributed by atoms with E-state index in [4.69, 9.17) is 0 Å². The Morgan fingerprint density at radius 2 is 1.83 bits per heavy atom. The Morgan fingerprint density at radius 1 is 1.14 bits per heavy atom. The third-order valence-corrected chi connectivity index (χ3v) is 5.12. The third-order valence-electron chi connectivity index (χ3n) is 5.12. The Balaban J connectivity index is 1.72. The highest BCUT2D eigenvalue weighted by atomic mass is 16.4. The van der Waals surface area contributed by atoms with Crippen molar-refractivity contribution in [2.75, 3.05) is 13.1 Å². The van der Waals surface area contributed by atoms with Crippen LogP contribution in [0.2, 0.25) is 0 Å². The van der Waals surface area contributed by atoms with E-state index in [1.54, 1.807) is 37.5 Å². The smallest absolute Gasteiger partial charge is 0.308 e. The van der Waals surface area contributed by atoms with Gasteiger partial charge in [0.2, 0.25) is 5.91 Å². The molecule has 1 aromatic heterocycles. The summed E-state index contributed by atoms with van der Waals surface area (Å²) in [5, 5.41) is 22.0. The van der Waals surface area contributed by atoms with Gasteiger partial charge in [-0.1, -0.05) is 0 Å². The summed E-state index contributed by atoms with van der Waals surface area (Å²) in [6.07, 6.45) is 3.43. The molecule has 1 saturated heterocycles. The summed E-state index contributed by atoms with van der Waals surface area (Å²) < 4.78 is 0. The van der Waals surface area contributed by atoms with Crippen LogP contribution in [-0.4, -0.2) is 51.0 Å². The molecule has 1 fully saturated rings. The van der Waals surface area contributed by atoms with Crippen LogP contribution in [0.3, 0.4) is 0 Å². The van der Waals surface area contributed by atoms with Crippen molar-refractivity contribution in [2.45, 2.75) is 19.9 Å². The van der Waals surface area contributed by atoms with Crippen LogP contribution < -0.4 is 5.32 Å². The van der Waals surface area contributed by atoms with Crippen LogP contribution in [0.5, 0.6) is 5.75 Å². The number of aromatic nitrogens is 1. The summed E-state index contributed by atoms with van der Waals surface area (Å²) in [6, 6.07) is 8.04. The maximum Gasteiger partial charge on any atom is 0.308 e. The van der Waals surface area contributed by atoms with Crippen LogP contribution in [0.15, 0.2) is 42.7 Å². The second-order valence-electron chi connectivity index (χ2n) is 7.25. The predicted octanol–water partition coefficient (Wildman–Crippen LogP) is 1.57. The number of piperidine rings is 1. The highest BCUT2D eigenvalue weighted by molar-refractivity contribution is 5.95. The number of pyridine rings is 1. The van der Waals surface area contributed by atoms with Crippen LogP contribution in [-0.2, 0) is 16.1 Å². The van der Waals surface area contributed by atoms with Gasteiger partial charge >= 0.3 is 5.97 Å². The maximum atomic E-state index is 12.9. The molecule has 0 saturated carbocycles. The van der Waals surface area contributed by atoms with Gasteiger partial charge in [-0.25, -0.2) is 0 Å². The van der Waals surface area contributed by atoms with Gasteiger partial charge in [0.15, 0.2) is 0 Å². The number of aromatic hydroxyl groups is 1. The van der Waals surface area contributed by atoms with E-state index in [1.807, 2.05) is 0 Å². The normalized spacial score (nSPS) is 18.9. The first kappa shape index (κ1) is 20.3. The number of phenolic OH excluding ortho intramolecular Hbond substituents is 1. The van der Waals surface area contributed by atoms with Gasteiger partial charge in [-0.05, 0) is 54.8 Å². The number of nitrogens with one attached hydrogen (secondary N) is 1. The molecule has 1 aliphatic rings. The van der Waals surface area contributed by atoms with E-state index in [0.29, 0.717) is 17.7 Å². The zero-order valence-electron chi connectivity index (χ0n) is 16.0. The molecule has 2 amide bonds. The molecular weight excluding hydrogens is 374 g/mol. The number of amides is 2. The lowest BCUT2D eigenvalue weighted by atomic mass is 9.88. The van der Waals surface area contributed by atoms with Gasteiger partial charge in [0.25, 0.3) is 5.91 Å². The van der Waals surface area contributed by atoms with Crippen LogP contribution in [0.1, 0.15) is 27.9 Å². The van der Waals surface area contributed by atoms with E-state index in [-0.39, 0.29) is 37.1 Å². The zero-order valence-corrected chi connectivity index (χ0v) is 16.0. The van der Waals surface area contributed by atoms with Gasteiger partial charge in [-0.2, -0.15) is 0 Å². The van der Waals surface area contributed by atoms with Crippen molar-refractivity contribution in [2.24, 2.45) is 11.8 Å². The Hall–Kier alpha value is -3.42. The number of hydrogen-bond acceptors (Lipinski definition) is 5. The molecular formula is C21H23N3O5. The zero-order chi connectivity index (χ0) is 21.0. The van der Waals surface area contributed by atoms with Crippen LogP contribution in [0, 0.1) is 18.8 Å². The second-order valence-corrected chi connectivity index (χ2v) is 7.25. The average Bonchev–Trinajstić information content (AvgIpc) is 2.73. The number of hydrogen-bond donors (Lipinski definition) is 3. The molecule has 0 radical (unpaired) electrons. The molecule has 8 heteroatoms. The molecule has 0 aliphatic carbocycles. The molecule has 29 heavy (non-hydrogen) atoms. The highest BCUT2D eigenvalue weighted by Gasteiger charge is 2.37. The minimum absolute atomic E-state index is 0.0439. The van der Waals surface area contributed by atoms with Gasteiger partial charge in [0.05, 0.1) is 11.8 Å². The van der Waals surface area contributed by atoms with E-state index in [9.17, 15) is 24.6 Å². The molecule has 0 unspecified atom stereocenters. The molecule has 1 aromatic carbocycles. The van der Waals surface area contributed by atoms with Crippen molar-refractivity contribution >= 4 is 17.8 Å². The quantitative estimate of drug-likeness (QED) is 0.705. The van der Waals surface area contributed by atoms with E-state index in [1.165, 1.54) is 17.0 Å². The molecule has 3 rings (SSSR count). The number of aryl methyl sites for hydroxylation is 1. The lowest BCUT2D eigenvalue weighted by Crippen LogP contribution is -2.50. The fraction of sp³-hybridized carbons (Fsp3) is 0.333. The van der Waals surface area contributed by atoms with Gasteiger partial charge < -0.3 is 20.4 Å². The summed E-state index contributed by atoms with van der Waals surface area (Å²) in [7, 11) is 0. The Bertz CT molecular complexity index is 916. The number of carboxylic acid groups (broad SMARTS) is 1. The minimum atomic E-state index is -1.03. The first-order valence-corrected chi connectivity index (χ1v) is 9.33. The molecule has 152 valence electrons. The van der Waals surface area contributed by atoms with Crippen molar-refractivity contribution in [3.05, 3.63) is 59.4 Å². The molecule has 0 bridgehead atoms. The largest absolute Gasteiger partial charge is 0.508 e. The third kappa shape index (κ3) is 4.90. The van der Waals surface area contributed by atoms with E-state index in [0.717, 1.165) is 5.56 Å². The van der Waals surface area contributed by atoms with Gasteiger partial charge in [-0.3, -0.25) is 19.4 Å². The predicted molar refractivity (Wildman–Crippen MR) is 104 cm³/mol. The van der Waals surface area contributed by atoms with Crippen molar-refractivity contribution in [3.63, 3.8) is 0 Å². The van der Waals surface area contributed by atoms with Crippen LogP contribution in [0.4, 0.5) is 0 Å². The molecule has 1 aliphatic heterocycles. The topological polar surface area (TPSA) is 120 Å². The first-order valence-electron chi connectivity index (χ1n) is 9.33. The lowest BCUT2D eigenvalue weighted by Gasteiger charge is -2.35. The standard InChI is InChI=1S/C21H23N3O5/c1-13-8-15(2-3-18(13)25)20(27)24-11-16(9-17(12-24)21(28)29)19(26)23-10-14-4-6-22-7-5-14/h2-8,16-17,25H,9-12H2,1H3,(H,23,26)(H,28,29)/t16-,17+/m1/s1. The second kappa shape index (κ2) is 8.72. The molecule has 2 aromatic rings. The van der Waals surface area contributed by atoms with Crippen LogP contribution >= 0.6 is 0 Å². The van der Waals surface area contributed by atoms with Crippen molar-refractivity contribution in [1.82, 2.24) is 15.2 Å². The Morgan fingerprint density at radius 3 is 2.48 bits per heavy atom. The maximum absolute atomic E-state index is 12.9. The molecule has 3 N–H and O–H groups in total. The van der Waals surface area contributed by atoms with Gasteiger partial charge in [0, 0.05) is 37.6 Å². The fourth-order valence-electron chi connectivity index (χ4n) is 3.44. The monoisotopic (exact) mass is 397 g/mol. The molecule has 8 nitrogen and oxygen atoms in total. The van der Waals surface area contributed by atoms with Gasteiger partial charge in [0.1, 0.15) is 5.75 Å². The fourth-order valence-corrected chi connectivity index (χ4v) is 3.44. The van der Waals surface area contributed by atoms with E-state index in [2.05, 4.69) is 10.3 Å². The van der Waals surface area contributed by atoms with Crippen molar-refractivity contribution in [3.8, 4) is 5.75 Å². The van der Waals surface area contributed by atoms with Gasteiger partial charge in [-0.15, -0.1) is 0 Å².